The fourth-order valence-corrected chi connectivity index (χ4v) is 3.00. The number of aromatic nitrogens is 3. The lowest BCUT2D eigenvalue weighted by Gasteiger charge is -2.12. The number of pyridine rings is 2. The molecule has 1 amide bonds. The van der Waals surface area contributed by atoms with Crippen molar-refractivity contribution in [1.29, 1.82) is 0 Å². The van der Waals surface area contributed by atoms with E-state index in [-0.39, 0.29) is 19.1 Å². The topological polar surface area (TPSA) is 69.0 Å². The molecule has 3 aromatic rings. The lowest BCUT2D eigenvalue weighted by atomic mass is 10.2. The number of amides is 1. The summed E-state index contributed by atoms with van der Waals surface area (Å²) in [5.41, 5.74) is 4.21. The van der Waals surface area contributed by atoms with Crippen LogP contribution in [0.2, 0.25) is 0 Å². The zero-order valence-electron chi connectivity index (χ0n) is 15.8. The Morgan fingerprint density at radius 1 is 1.25 bits per heavy atom. The number of ether oxygens (including phenoxy) is 1. The first-order valence-corrected chi connectivity index (χ1v) is 8.98. The molecular formula is C20H22F2N4O2. The van der Waals surface area contributed by atoms with Crippen molar-refractivity contribution in [2.75, 3.05) is 26.5 Å². The van der Waals surface area contributed by atoms with Gasteiger partial charge in [0.25, 0.3) is 5.91 Å². The molecule has 0 fully saturated rings. The van der Waals surface area contributed by atoms with E-state index in [1.165, 1.54) is 0 Å². The van der Waals surface area contributed by atoms with E-state index in [1.54, 1.807) is 24.7 Å². The average Bonchev–Trinajstić information content (AvgIpc) is 3.04. The Balaban J connectivity index is 1.99. The zero-order valence-corrected chi connectivity index (χ0v) is 15.8. The maximum absolute atomic E-state index is 12.4. The normalized spacial score (nSPS) is 11.0. The molecule has 0 atom stereocenters. The van der Waals surface area contributed by atoms with E-state index in [0.717, 1.165) is 22.3 Å². The molecule has 3 heterocycles. The van der Waals surface area contributed by atoms with Crippen molar-refractivity contribution in [3.8, 4) is 5.75 Å². The summed E-state index contributed by atoms with van der Waals surface area (Å²) in [7, 11) is 0. The molecular weight excluding hydrogens is 366 g/mol. The minimum absolute atomic E-state index is 0.0151. The Labute approximate surface area is 161 Å². The maximum atomic E-state index is 12.4. The third-order valence-electron chi connectivity index (χ3n) is 4.39. The molecule has 0 radical (unpaired) electrons. The van der Waals surface area contributed by atoms with Gasteiger partial charge in [-0.05, 0) is 31.5 Å². The van der Waals surface area contributed by atoms with E-state index >= 15 is 0 Å². The number of nitrogens with one attached hydrogen (secondary N) is 1. The Morgan fingerprint density at radius 2 is 2.07 bits per heavy atom. The van der Waals surface area contributed by atoms with Crippen molar-refractivity contribution < 1.29 is 18.3 Å². The molecule has 1 N–H and O–H groups in total. The first-order valence-electron chi connectivity index (χ1n) is 8.98. The lowest BCUT2D eigenvalue weighted by Crippen LogP contribution is -2.25. The van der Waals surface area contributed by atoms with E-state index in [1.807, 2.05) is 24.5 Å². The molecule has 8 heteroatoms. The van der Waals surface area contributed by atoms with Gasteiger partial charge in [0.1, 0.15) is 31.2 Å². The molecule has 0 aliphatic carbocycles. The van der Waals surface area contributed by atoms with Gasteiger partial charge >= 0.3 is 0 Å². The number of aryl methyl sites for hydroxylation is 1. The van der Waals surface area contributed by atoms with Crippen LogP contribution in [0.4, 0.5) is 8.78 Å². The maximum Gasteiger partial charge on any atom is 0.255 e. The number of carbonyl (C=O) groups excluding carboxylic acids is 1. The van der Waals surface area contributed by atoms with Crippen molar-refractivity contribution in [2.45, 2.75) is 20.4 Å². The third-order valence-corrected chi connectivity index (χ3v) is 4.39. The second-order valence-electron chi connectivity index (χ2n) is 6.41. The molecule has 0 spiro atoms. The molecule has 0 unspecified atom stereocenters. The molecule has 0 saturated heterocycles. The number of fused-ring (bicyclic) bond motifs is 1. The summed E-state index contributed by atoms with van der Waals surface area (Å²) in [6, 6.07) is 3.64. The number of rotatable bonds is 8. The first kappa shape index (κ1) is 19.7. The van der Waals surface area contributed by atoms with E-state index < -0.39 is 13.3 Å². The van der Waals surface area contributed by atoms with Crippen LogP contribution in [0.3, 0.4) is 0 Å². The summed E-state index contributed by atoms with van der Waals surface area (Å²) in [6.45, 7) is 2.90. The SMILES string of the molecule is Cc1cnc2c(C(=O)NCCF)cn(Cc3nccc(OCCF)c3C)c2c1. The molecule has 0 saturated carbocycles. The molecule has 3 rings (SSSR count). The summed E-state index contributed by atoms with van der Waals surface area (Å²) in [4.78, 5) is 21.2. The molecule has 0 aromatic carbocycles. The molecule has 0 aliphatic heterocycles. The molecule has 3 aromatic heterocycles. The van der Waals surface area contributed by atoms with Crippen LogP contribution in [-0.2, 0) is 6.54 Å². The number of hydrogen-bond acceptors (Lipinski definition) is 4. The van der Waals surface area contributed by atoms with Crippen LogP contribution in [-0.4, -0.2) is 46.9 Å². The fraction of sp³-hybridized carbons (Fsp3) is 0.350. The minimum Gasteiger partial charge on any atom is -0.490 e. The van der Waals surface area contributed by atoms with E-state index in [9.17, 15) is 13.6 Å². The van der Waals surface area contributed by atoms with Gasteiger partial charge in [-0.2, -0.15) is 0 Å². The number of nitrogens with zero attached hydrogens (tertiary/aromatic N) is 3. The second-order valence-corrected chi connectivity index (χ2v) is 6.41. The summed E-state index contributed by atoms with van der Waals surface area (Å²) in [5, 5.41) is 2.54. The second kappa shape index (κ2) is 8.77. The molecule has 0 aliphatic rings. The van der Waals surface area contributed by atoms with Crippen LogP contribution in [0.25, 0.3) is 11.0 Å². The largest absolute Gasteiger partial charge is 0.490 e. The van der Waals surface area contributed by atoms with E-state index in [4.69, 9.17) is 4.74 Å². The molecule has 148 valence electrons. The highest BCUT2D eigenvalue weighted by molar-refractivity contribution is 6.05. The van der Waals surface area contributed by atoms with Crippen molar-refractivity contribution in [2.24, 2.45) is 0 Å². The van der Waals surface area contributed by atoms with Crippen molar-refractivity contribution in [1.82, 2.24) is 19.9 Å². The molecule has 0 bridgehead atoms. The lowest BCUT2D eigenvalue weighted by molar-refractivity contribution is 0.0952. The smallest absolute Gasteiger partial charge is 0.255 e. The Hall–Kier alpha value is -3.03. The fourth-order valence-electron chi connectivity index (χ4n) is 3.00. The van der Waals surface area contributed by atoms with Gasteiger partial charge in [-0.3, -0.25) is 14.8 Å². The predicted octanol–water partition coefficient (Wildman–Crippen LogP) is 3.14. The molecule has 28 heavy (non-hydrogen) atoms. The van der Waals surface area contributed by atoms with Gasteiger partial charge in [0, 0.05) is 30.7 Å². The van der Waals surface area contributed by atoms with Crippen LogP contribution in [0.1, 0.15) is 27.2 Å². The van der Waals surface area contributed by atoms with Gasteiger partial charge in [-0.15, -0.1) is 0 Å². The zero-order chi connectivity index (χ0) is 20.1. The Morgan fingerprint density at radius 3 is 2.82 bits per heavy atom. The van der Waals surface area contributed by atoms with Gasteiger partial charge in [0.15, 0.2) is 0 Å². The van der Waals surface area contributed by atoms with Crippen LogP contribution in [0.5, 0.6) is 5.75 Å². The Kier molecular flexibility index (Phi) is 6.18. The van der Waals surface area contributed by atoms with Gasteiger partial charge in [0.2, 0.25) is 0 Å². The summed E-state index contributed by atoms with van der Waals surface area (Å²) in [6.07, 6.45) is 4.99. The van der Waals surface area contributed by atoms with Crippen LogP contribution in [0, 0.1) is 13.8 Å². The summed E-state index contributed by atoms with van der Waals surface area (Å²) in [5.74, 6) is 0.205. The predicted molar refractivity (Wildman–Crippen MR) is 102 cm³/mol. The Bertz CT molecular complexity index is 988. The van der Waals surface area contributed by atoms with Crippen molar-refractivity contribution in [3.63, 3.8) is 0 Å². The monoisotopic (exact) mass is 388 g/mol. The van der Waals surface area contributed by atoms with E-state index in [2.05, 4.69) is 15.3 Å². The number of hydrogen-bond donors (Lipinski definition) is 1. The highest BCUT2D eigenvalue weighted by atomic mass is 19.1. The van der Waals surface area contributed by atoms with Crippen molar-refractivity contribution >= 4 is 16.9 Å². The number of carbonyl (C=O) groups is 1. The average molecular weight is 388 g/mol. The first-order chi connectivity index (χ1) is 13.5. The quantitative estimate of drug-likeness (QED) is 0.644. The summed E-state index contributed by atoms with van der Waals surface area (Å²) < 4.78 is 32.1. The van der Waals surface area contributed by atoms with Gasteiger partial charge in [-0.1, -0.05) is 0 Å². The van der Waals surface area contributed by atoms with Gasteiger partial charge in [0.05, 0.1) is 23.3 Å². The number of halogens is 2. The van der Waals surface area contributed by atoms with Gasteiger partial charge in [-0.25, -0.2) is 8.78 Å². The van der Waals surface area contributed by atoms with E-state index in [0.29, 0.717) is 23.4 Å². The third kappa shape index (κ3) is 4.11. The van der Waals surface area contributed by atoms with Crippen LogP contribution in [0.15, 0.2) is 30.7 Å². The highest BCUT2D eigenvalue weighted by Gasteiger charge is 2.18. The highest BCUT2D eigenvalue weighted by Crippen LogP contribution is 2.24. The van der Waals surface area contributed by atoms with Crippen LogP contribution >= 0.6 is 0 Å². The molecule has 6 nitrogen and oxygen atoms in total. The van der Waals surface area contributed by atoms with Crippen LogP contribution < -0.4 is 10.1 Å². The summed E-state index contributed by atoms with van der Waals surface area (Å²) >= 11 is 0. The standard InChI is InChI=1S/C20H22F2N4O2/c1-13-9-17-19(25-10-13)15(20(27)24-7-4-21)11-26(17)12-16-14(2)18(3-6-23-16)28-8-5-22/h3,6,9-11H,4-5,7-8,12H2,1-2H3,(H,24,27). The van der Waals surface area contributed by atoms with Gasteiger partial charge < -0.3 is 14.6 Å². The number of alkyl halides is 2. The minimum atomic E-state index is -0.633. The van der Waals surface area contributed by atoms with Crippen molar-refractivity contribution in [3.05, 3.63) is 53.1 Å².